The molecule has 0 aromatic rings. The molecule has 6 aliphatic rings. The van der Waals surface area contributed by atoms with Crippen LogP contribution in [0.1, 0.15) is 58.8 Å². The smallest absolute Gasteiger partial charge is 0.458 e. The first-order valence-electron chi connectivity index (χ1n) is 15.6. The molecule has 256 valence electrons. The van der Waals surface area contributed by atoms with Gasteiger partial charge in [-0.25, -0.2) is 9.36 Å². The van der Waals surface area contributed by atoms with Gasteiger partial charge in [0.1, 0.15) is 24.9 Å². The maximum absolute atomic E-state index is 12.6. The van der Waals surface area contributed by atoms with Gasteiger partial charge in [0, 0.05) is 30.3 Å². The zero-order chi connectivity index (χ0) is 32.9. The average Bonchev–Trinajstić information content (AvgIpc) is 3.49. The van der Waals surface area contributed by atoms with Crippen molar-refractivity contribution in [1.29, 1.82) is 0 Å². The highest BCUT2D eigenvalue weighted by molar-refractivity contribution is 7.46. The summed E-state index contributed by atoms with van der Waals surface area (Å²) in [5.41, 5.74) is -5.57. The Balaban J connectivity index is 1.35. The number of aliphatic hydroxyl groups is 7. The number of phosphoric ester groups is 1. The Morgan fingerprint density at radius 1 is 1.04 bits per heavy atom. The summed E-state index contributed by atoms with van der Waals surface area (Å²) in [5, 5.41) is 77.8. The van der Waals surface area contributed by atoms with Crippen LogP contribution in [0.3, 0.4) is 0 Å². The predicted octanol–water partition coefficient (Wildman–Crippen LogP) is -1.40. The molecule has 0 amide bonds. The van der Waals surface area contributed by atoms with E-state index in [1.165, 1.54) is 13.0 Å². The van der Waals surface area contributed by atoms with Crippen LogP contribution in [0.15, 0.2) is 11.6 Å². The van der Waals surface area contributed by atoms with Crippen LogP contribution in [0.25, 0.3) is 0 Å². The van der Waals surface area contributed by atoms with E-state index in [-0.39, 0.29) is 45.1 Å². The van der Waals surface area contributed by atoms with E-state index in [4.69, 9.17) is 18.7 Å². The van der Waals surface area contributed by atoms with Crippen LogP contribution in [0.4, 0.5) is 0 Å². The van der Waals surface area contributed by atoms with Crippen LogP contribution in [0.2, 0.25) is 0 Å². The molecule has 15 nitrogen and oxygen atoms in total. The number of aliphatic hydroxyl groups excluding tert-OH is 6. The Morgan fingerprint density at radius 3 is 2.38 bits per heavy atom. The summed E-state index contributed by atoms with van der Waals surface area (Å²) >= 11 is 0. The van der Waals surface area contributed by atoms with E-state index in [0.29, 0.717) is 12.0 Å². The molecule has 15 atom stereocenters. The Kier molecular flexibility index (Phi) is 8.47. The highest BCUT2D eigenvalue weighted by atomic mass is 31.2. The minimum atomic E-state index is -5.14. The standard InChI is InChI=1S/C29H45O15P/c1-13-22(34)23(35)24(36)25(42-13)43-15-8-19(32)28(12-30)21-17(3-5-27(28,37)9-15)29(44-45(38,39)40)6-4-16(14-7-20(33)41-11-14)26(29,2)10-18(21)31/h7,13,15-19,21-25,30-32,34-37H,3-6,8-12H2,1-2H3,(H2,38,39,40)/t13-,15-,16+,17+,18+,19+,21+,22-,23+,24+,25-,26+,27-,28+,29-/m0/s1. The number of phosphoric acid groups is 1. The average molecular weight is 665 g/mol. The van der Waals surface area contributed by atoms with Gasteiger partial charge in [-0.1, -0.05) is 6.92 Å². The predicted molar refractivity (Wildman–Crippen MR) is 150 cm³/mol. The number of carbonyl (C=O) groups is 1. The maximum Gasteiger partial charge on any atom is 0.470 e. The highest BCUT2D eigenvalue weighted by Crippen LogP contribution is 2.73. The summed E-state index contributed by atoms with van der Waals surface area (Å²) in [4.78, 5) is 32.4. The third kappa shape index (κ3) is 4.93. The van der Waals surface area contributed by atoms with Crippen LogP contribution in [0, 0.1) is 28.6 Å². The van der Waals surface area contributed by atoms with Crippen molar-refractivity contribution < 1.29 is 73.6 Å². The van der Waals surface area contributed by atoms with E-state index in [0.717, 1.165) is 0 Å². The van der Waals surface area contributed by atoms with Crippen molar-refractivity contribution in [2.24, 2.45) is 28.6 Å². The maximum atomic E-state index is 12.6. The largest absolute Gasteiger partial charge is 0.470 e. The summed E-state index contributed by atoms with van der Waals surface area (Å²) in [6, 6.07) is 0. The van der Waals surface area contributed by atoms with Gasteiger partial charge in [-0.05, 0) is 56.4 Å². The van der Waals surface area contributed by atoms with Crippen molar-refractivity contribution in [2.45, 2.75) is 119 Å². The Labute approximate surface area is 260 Å². The first kappa shape index (κ1) is 33.8. The van der Waals surface area contributed by atoms with Crippen LogP contribution < -0.4 is 0 Å². The number of cyclic esters (lactones) is 1. The second-order valence-corrected chi connectivity index (χ2v) is 15.5. The molecule has 16 heteroatoms. The summed E-state index contributed by atoms with van der Waals surface area (Å²) in [6.45, 7) is 2.52. The molecule has 0 aromatic carbocycles. The molecule has 0 radical (unpaired) electrons. The number of esters is 1. The molecule has 4 aliphatic carbocycles. The Morgan fingerprint density at radius 2 is 1.76 bits per heavy atom. The van der Waals surface area contributed by atoms with Gasteiger partial charge < -0.3 is 59.7 Å². The molecular weight excluding hydrogens is 619 g/mol. The molecule has 0 aromatic heterocycles. The van der Waals surface area contributed by atoms with Gasteiger partial charge in [-0.3, -0.25) is 4.52 Å². The SMILES string of the molecule is C[C@@H]1O[C@@H](O[C@H]2C[C@@H](O)[C@]3(CO)[C@H]4[C@H](O)C[C@]5(C)[C@@H](C6=CC(=O)OC6)CC[C@]5(OP(=O)(O)O)[C@@H]4CC[C@]3(O)C2)[C@H](O)[C@H](O)[C@H]1O. The third-order valence-electron chi connectivity index (χ3n) is 12.4. The Bertz CT molecular complexity index is 1260. The summed E-state index contributed by atoms with van der Waals surface area (Å²) < 4.78 is 35.0. The summed E-state index contributed by atoms with van der Waals surface area (Å²) in [7, 11) is -5.14. The van der Waals surface area contributed by atoms with Gasteiger partial charge in [0.15, 0.2) is 6.29 Å². The van der Waals surface area contributed by atoms with Crippen molar-refractivity contribution in [3.63, 3.8) is 0 Å². The number of rotatable bonds is 6. The quantitative estimate of drug-likeness (QED) is 0.0900. The van der Waals surface area contributed by atoms with Crippen molar-refractivity contribution in [3.05, 3.63) is 11.6 Å². The van der Waals surface area contributed by atoms with Gasteiger partial charge in [0.25, 0.3) is 0 Å². The van der Waals surface area contributed by atoms with Gasteiger partial charge >= 0.3 is 13.8 Å². The van der Waals surface area contributed by atoms with E-state index < -0.39 is 109 Å². The molecule has 0 unspecified atom stereocenters. The fourth-order valence-corrected chi connectivity index (χ4v) is 11.3. The molecular formula is C29H45O15P. The first-order valence-corrected chi connectivity index (χ1v) is 17.1. The monoisotopic (exact) mass is 664 g/mol. The number of carbonyl (C=O) groups excluding carboxylic acids is 1. The lowest BCUT2D eigenvalue weighted by atomic mass is 9.40. The van der Waals surface area contributed by atoms with Crippen molar-refractivity contribution in [1.82, 2.24) is 0 Å². The van der Waals surface area contributed by atoms with Crippen molar-refractivity contribution in [3.8, 4) is 0 Å². The molecule has 4 saturated carbocycles. The lowest BCUT2D eigenvalue weighted by Gasteiger charge is -2.69. The second kappa shape index (κ2) is 11.3. The second-order valence-electron chi connectivity index (χ2n) is 14.4. The van der Waals surface area contributed by atoms with Crippen LogP contribution in [-0.2, 0) is 28.1 Å². The van der Waals surface area contributed by atoms with Gasteiger partial charge in [-0.15, -0.1) is 0 Å². The molecule has 0 bridgehead atoms. The first-order chi connectivity index (χ1) is 20.9. The zero-order valence-electron chi connectivity index (χ0n) is 25.2. The van der Waals surface area contributed by atoms with Crippen molar-refractivity contribution >= 4 is 13.8 Å². The minimum absolute atomic E-state index is 0.0177. The molecule has 9 N–H and O–H groups in total. The van der Waals surface area contributed by atoms with Gasteiger partial charge in [0.2, 0.25) is 0 Å². The zero-order valence-corrected chi connectivity index (χ0v) is 26.1. The molecule has 5 fully saturated rings. The van der Waals surface area contributed by atoms with Crippen LogP contribution in [0.5, 0.6) is 0 Å². The van der Waals surface area contributed by atoms with E-state index in [2.05, 4.69) is 0 Å². The number of hydrogen-bond donors (Lipinski definition) is 9. The van der Waals surface area contributed by atoms with E-state index in [1.807, 2.05) is 0 Å². The molecule has 1 saturated heterocycles. The summed E-state index contributed by atoms with van der Waals surface area (Å²) in [5.74, 6) is -2.81. The Hall–Kier alpha value is -1.04. The molecule has 0 spiro atoms. The van der Waals surface area contributed by atoms with E-state index in [1.54, 1.807) is 6.92 Å². The normalized spacial score (nSPS) is 53.3. The summed E-state index contributed by atoms with van der Waals surface area (Å²) in [6.07, 6.45) is -8.87. The van der Waals surface area contributed by atoms with Gasteiger partial charge in [-0.2, -0.15) is 0 Å². The van der Waals surface area contributed by atoms with Crippen LogP contribution in [-0.4, -0.2) is 125 Å². The number of hydrogen-bond acceptors (Lipinski definition) is 13. The topological polar surface area (TPSA) is 253 Å². The van der Waals surface area contributed by atoms with Gasteiger partial charge in [0.05, 0.1) is 47.6 Å². The third-order valence-corrected chi connectivity index (χ3v) is 13.0. The number of fused-ring (bicyclic) bond motifs is 5. The van der Waals surface area contributed by atoms with E-state index >= 15 is 0 Å². The van der Waals surface area contributed by atoms with Crippen LogP contribution >= 0.6 is 7.82 Å². The highest BCUT2D eigenvalue weighted by Gasteiger charge is 2.77. The molecule has 6 rings (SSSR count). The minimum Gasteiger partial charge on any atom is -0.458 e. The molecule has 2 aliphatic heterocycles. The van der Waals surface area contributed by atoms with E-state index in [9.17, 15) is 54.9 Å². The fourth-order valence-electron chi connectivity index (χ4n) is 10.5. The molecule has 2 heterocycles. The molecule has 45 heavy (non-hydrogen) atoms. The fraction of sp³-hybridized carbons (Fsp3) is 0.897. The lowest BCUT2D eigenvalue weighted by Crippen LogP contribution is -2.76. The number of ether oxygens (including phenoxy) is 3. The van der Waals surface area contributed by atoms with Crippen molar-refractivity contribution in [2.75, 3.05) is 13.2 Å². The lowest BCUT2D eigenvalue weighted by molar-refractivity contribution is -0.341.